The van der Waals surface area contributed by atoms with Crippen molar-refractivity contribution in [2.24, 2.45) is 0 Å². The average Bonchev–Trinajstić information content (AvgIpc) is 3.14. The number of aryl methyl sites for hydroxylation is 1. The van der Waals surface area contributed by atoms with Gasteiger partial charge in [-0.1, -0.05) is 6.07 Å². The van der Waals surface area contributed by atoms with Gasteiger partial charge in [0, 0.05) is 41.9 Å². The predicted octanol–water partition coefficient (Wildman–Crippen LogP) is 2.51. The van der Waals surface area contributed by atoms with E-state index in [0.717, 1.165) is 40.0 Å². The Balaban J connectivity index is 1.29. The number of imidazole rings is 1. The first-order chi connectivity index (χ1) is 14.2. The fourth-order valence-corrected chi connectivity index (χ4v) is 3.87. The molecule has 0 atom stereocenters. The zero-order valence-corrected chi connectivity index (χ0v) is 17.0. The van der Waals surface area contributed by atoms with Gasteiger partial charge in [0.25, 0.3) is 5.56 Å². The van der Waals surface area contributed by atoms with Gasteiger partial charge in [-0.2, -0.15) is 11.8 Å². The molecule has 0 unspecified atom stereocenters. The average molecular weight is 414 g/mol. The van der Waals surface area contributed by atoms with Crippen LogP contribution in [0.3, 0.4) is 0 Å². The third-order valence-electron chi connectivity index (χ3n) is 4.59. The molecule has 0 radical (unpaired) electrons. The highest BCUT2D eigenvalue weighted by Crippen LogP contribution is 2.31. The summed E-state index contributed by atoms with van der Waals surface area (Å²) in [5, 5.41) is 3.16. The number of H-pyrrole nitrogens is 2. The van der Waals surface area contributed by atoms with Gasteiger partial charge in [-0.25, -0.2) is 9.97 Å². The molecule has 2 aromatic heterocycles. The highest BCUT2D eigenvalue weighted by Gasteiger charge is 2.13. The number of nitrogens with zero attached hydrogens (tertiary/aromatic N) is 2. The van der Waals surface area contributed by atoms with E-state index in [0.29, 0.717) is 37.7 Å². The summed E-state index contributed by atoms with van der Waals surface area (Å²) in [6.07, 6.45) is 3.82. The Bertz CT molecular complexity index is 1030. The van der Waals surface area contributed by atoms with Gasteiger partial charge >= 0.3 is 0 Å². The monoisotopic (exact) mass is 413 g/mol. The van der Waals surface area contributed by atoms with E-state index in [2.05, 4.69) is 25.3 Å². The second-order valence-corrected chi connectivity index (χ2v) is 7.80. The van der Waals surface area contributed by atoms with E-state index in [9.17, 15) is 4.79 Å². The predicted molar refractivity (Wildman–Crippen MR) is 113 cm³/mol. The van der Waals surface area contributed by atoms with E-state index < -0.39 is 0 Å². The van der Waals surface area contributed by atoms with Gasteiger partial charge in [0.15, 0.2) is 11.5 Å². The second-order valence-electron chi connectivity index (χ2n) is 6.69. The summed E-state index contributed by atoms with van der Waals surface area (Å²) in [7, 11) is 0. The van der Waals surface area contributed by atoms with Gasteiger partial charge in [-0.15, -0.1) is 0 Å². The number of aromatic amines is 2. The molecule has 8 nitrogen and oxygen atoms in total. The molecule has 9 heteroatoms. The first-order valence-electron chi connectivity index (χ1n) is 9.46. The molecule has 0 saturated heterocycles. The number of aromatic nitrogens is 4. The fraction of sp³-hybridized carbons (Fsp3) is 0.350. The Morgan fingerprint density at radius 2 is 2.07 bits per heavy atom. The van der Waals surface area contributed by atoms with Gasteiger partial charge in [0.1, 0.15) is 13.2 Å². The van der Waals surface area contributed by atoms with Crippen molar-refractivity contribution in [2.45, 2.75) is 19.1 Å². The standard InChI is InChI=1S/C20H23N5O3S/c1-13-16(24-12-23-13)11-29-7-4-21-20-22-10-15(19(26)25-20)8-14-2-3-17-18(9-14)28-6-5-27-17/h2-3,9-10,12H,4-8,11H2,1H3,(H,23,24)(H2,21,22,25,26). The SMILES string of the molecule is Cc1[nH]cnc1CSCCNc1ncc(Cc2ccc3c(c2)OCCO3)c(=O)[nH]1. The quantitative estimate of drug-likeness (QED) is 0.487. The minimum absolute atomic E-state index is 0.141. The van der Waals surface area contributed by atoms with Crippen LogP contribution in [0.2, 0.25) is 0 Å². The van der Waals surface area contributed by atoms with Crippen LogP contribution in [-0.2, 0) is 12.2 Å². The fourth-order valence-electron chi connectivity index (χ4n) is 3.00. The number of hydrogen-bond donors (Lipinski definition) is 3. The van der Waals surface area contributed by atoms with Gasteiger partial charge in [-0.3, -0.25) is 9.78 Å². The molecule has 0 amide bonds. The van der Waals surface area contributed by atoms with Gasteiger partial charge < -0.3 is 19.8 Å². The molecule has 29 heavy (non-hydrogen) atoms. The minimum Gasteiger partial charge on any atom is -0.486 e. The summed E-state index contributed by atoms with van der Waals surface area (Å²) in [5.74, 6) is 3.69. The van der Waals surface area contributed by atoms with E-state index in [1.54, 1.807) is 24.3 Å². The van der Waals surface area contributed by atoms with E-state index >= 15 is 0 Å². The highest BCUT2D eigenvalue weighted by molar-refractivity contribution is 7.98. The lowest BCUT2D eigenvalue weighted by molar-refractivity contribution is 0.171. The third kappa shape index (κ3) is 4.92. The molecule has 0 bridgehead atoms. The first kappa shape index (κ1) is 19.4. The van der Waals surface area contributed by atoms with Crippen LogP contribution < -0.4 is 20.3 Å². The van der Waals surface area contributed by atoms with Crippen LogP contribution >= 0.6 is 11.8 Å². The minimum atomic E-state index is -0.141. The van der Waals surface area contributed by atoms with E-state index in [1.165, 1.54) is 0 Å². The molecule has 0 aliphatic carbocycles. The van der Waals surface area contributed by atoms with Crippen molar-refractivity contribution in [3.63, 3.8) is 0 Å². The maximum Gasteiger partial charge on any atom is 0.255 e. The van der Waals surface area contributed by atoms with Crippen molar-refractivity contribution in [2.75, 3.05) is 30.8 Å². The van der Waals surface area contributed by atoms with Gasteiger partial charge in [0.2, 0.25) is 5.95 Å². The summed E-state index contributed by atoms with van der Waals surface area (Å²) in [4.78, 5) is 26.9. The number of anilines is 1. The number of thioether (sulfide) groups is 1. The van der Waals surface area contributed by atoms with Crippen LogP contribution in [0.1, 0.15) is 22.5 Å². The summed E-state index contributed by atoms with van der Waals surface area (Å²) < 4.78 is 11.1. The number of rotatable bonds is 8. The molecule has 4 rings (SSSR count). The molecular weight excluding hydrogens is 390 g/mol. The Labute approximate surface area is 172 Å². The van der Waals surface area contributed by atoms with Crippen LogP contribution in [0.4, 0.5) is 5.95 Å². The zero-order valence-electron chi connectivity index (χ0n) is 16.2. The van der Waals surface area contributed by atoms with Crippen LogP contribution in [0, 0.1) is 6.92 Å². The van der Waals surface area contributed by atoms with Crippen molar-refractivity contribution in [3.05, 3.63) is 63.6 Å². The lowest BCUT2D eigenvalue weighted by Crippen LogP contribution is -2.18. The molecule has 3 aromatic rings. The normalized spacial score (nSPS) is 12.7. The largest absolute Gasteiger partial charge is 0.486 e. The molecule has 3 heterocycles. The van der Waals surface area contributed by atoms with Crippen molar-refractivity contribution >= 4 is 17.7 Å². The molecular formula is C20H23N5O3S. The van der Waals surface area contributed by atoms with Crippen LogP contribution in [-0.4, -0.2) is 45.4 Å². The lowest BCUT2D eigenvalue weighted by Gasteiger charge is -2.18. The molecule has 3 N–H and O–H groups in total. The lowest BCUT2D eigenvalue weighted by atomic mass is 10.1. The molecule has 0 fully saturated rings. The number of fused-ring (bicyclic) bond motifs is 1. The molecule has 1 aliphatic rings. The summed E-state index contributed by atoms with van der Waals surface area (Å²) in [6.45, 7) is 3.82. The molecule has 0 spiro atoms. The Kier molecular flexibility index (Phi) is 6.04. The number of ether oxygens (including phenoxy) is 2. The number of benzene rings is 1. The Hall–Kier alpha value is -2.94. The van der Waals surface area contributed by atoms with Gasteiger partial charge in [-0.05, 0) is 24.6 Å². The molecule has 1 aromatic carbocycles. The number of nitrogens with one attached hydrogen (secondary N) is 3. The topological polar surface area (TPSA) is 105 Å². The van der Waals surface area contributed by atoms with Crippen LogP contribution in [0.15, 0.2) is 35.5 Å². The molecule has 0 saturated carbocycles. The maximum atomic E-state index is 12.4. The van der Waals surface area contributed by atoms with Crippen molar-refractivity contribution in [1.29, 1.82) is 0 Å². The second kappa shape index (κ2) is 9.04. The van der Waals surface area contributed by atoms with E-state index in [-0.39, 0.29) is 5.56 Å². The van der Waals surface area contributed by atoms with Crippen molar-refractivity contribution in [1.82, 2.24) is 19.9 Å². The first-order valence-corrected chi connectivity index (χ1v) is 10.6. The molecule has 152 valence electrons. The highest BCUT2D eigenvalue weighted by atomic mass is 32.2. The summed E-state index contributed by atoms with van der Waals surface area (Å²) in [5.41, 5.74) is 3.62. The van der Waals surface area contributed by atoms with E-state index in [1.807, 2.05) is 25.1 Å². The Morgan fingerprint density at radius 1 is 1.21 bits per heavy atom. The summed E-state index contributed by atoms with van der Waals surface area (Å²) >= 11 is 1.78. The van der Waals surface area contributed by atoms with Crippen LogP contribution in [0.5, 0.6) is 11.5 Å². The maximum absolute atomic E-state index is 12.4. The van der Waals surface area contributed by atoms with Crippen molar-refractivity contribution < 1.29 is 9.47 Å². The van der Waals surface area contributed by atoms with Gasteiger partial charge in [0.05, 0.1) is 12.0 Å². The summed E-state index contributed by atoms with van der Waals surface area (Å²) in [6, 6.07) is 5.74. The smallest absolute Gasteiger partial charge is 0.255 e. The molecule has 1 aliphatic heterocycles. The zero-order chi connectivity index (χ0) is 20.1. The third-order valence-corrected chi connectivity index (χ3v) is 5.56. The van der Waals surface area contributed by atoms with E-state index in [4.69, 9.17) is 9.47 Å². The van der Waals surface area contributed by atoms with Crippen molar-refractivity contribution in [3.8, 4) is 11.5 Å². The number of hydrogen-bond acceptors (Lipinski definition) is 7. The van der Waals surface area contributed by atoms with Crippen LogP contribution in [0.25, 0.3) is 0 Å². The Morgan fingerprint density at radius 3 is 2.86 bits per heavy atom.